The molecule has 0 saturated heterocycles. The number of benzene rings is 1. The van der Waals surface area contributed by atoms with Gasteiger partial charge >= 0.3 is 0 Å². The minimum absolute atomic E-state index is 0.319. The quantitative estimate of drug-likeness (QED) is 0.557. The number of halogens is 1. The highest BCUT2D eigenvalue weighted by atomic mass is 35.5. The Labute approximate surface area is 140 Å². The number of hydrogen-bond acceptors (Lipinski definition) is 2. The maximum absolute atomic E-state index is 11.7. The van der Waals surface area contributed by atoms with Crippen LogP contribution in [0.15, 0.2) is 6.07 Å². The fourth-order valence-corrected chi connectivity index (χ4v) is 3.09. The zero-order valence-corrected chi connectivity index (χ0v) is 15.3. The lowest BCUT2D eigenvalue weighted by molar-refractivity contribution is -0.118. The summed E-state index contributed by atoms with van der Waals surface area (Å²) in [6, 6.07) is 1.98. The highest BCUT2D eigenvalue weighted by molar-refractivity contribution is 6.31. The van der Waals surface area contributed by atoms with Crippen molar-refractivity contribution in [3.05, 3.63) is 27.8 Å². The van der Waals surface area contributed by atoms with E-state index in [0.29, 0.717) is 31.1 Å². The Morgan fingerprint density at radius 3 is 2.50 bits per heavy atom. The molecule has 0 N–H and O–H groups in total. The summed E-state index contributed by atoms with van der Waals surface area (Å²) in [5.41, 5.74) is 3.37. The van der Waals surface area contributed by atoms with Crippen LogP contribution in [0.1, 0.15) is 75.5 Å². The maximum Gasteiger partial charge on any atom is 0.132 e. The van der Waals surface area contributed by atoms with Crippen LogP contribution in [-0.4, -0.2) is 12.4 Å². The minimum atomic E-state index is 0.319. The van der Waals surface area contributed by atoms with Gasteiger partial charge in [-0.1, -0.05) is 32.4 Å². The molecule has 0 bridgehead atoms. The van der Waals surface area contributed by atoms with Crippen LogP contribution >= 0.6 is 11.6 Å². The molecule has 22 heavy (non-hydrogen) atoms. The molecule has 0 amide bonds. The van der Waals surface area contributed by atoms with Crippen molar-refractivity contribution in [1.29, 1.82) is 0 Å². The molecule has 0 heterocycles. The van der Waals surface area contributed by atoms with Crippen molar-refractivity contribution in [3.63, 3.8) is 0 Å². The Bertz CT molecular complexity index is 509. The lowest BCUT2D eigenvalue weighted by atomic mass is 9.86. The summed E-state index contributed by atoms with van der Waals surface area (Å²) in [4.78, 5) is 11.7. The number of ether oxygens (including phenoxy) is 1. The van der Waals surface area contributed by atoms with Gasteiger partial charge in [-0.25, -0.2) is 0 Å². The maximum atomic E-state index is 11.7. The van der Waals surface area contributed by atoms with Crippen LogP contribution in [-0.2, 0) is 4.79 Å². The highest BCUT2D eigenvalue weighted by Gasteiger charge is 2.21. The van der Waals surface area contributed by atoms with Crippen molar-refractivity contribution in [2.45, 2.75) is 72.6 Å². The fraction of sp³-hybridized carbons (Fsp3) is 0.632. The molecule has 3 heteroatoms. The van der Waals surface area contributed by atoms with E-state index < -0.39 is 0 Å². The molecule has 0 aliphatic heterocycles. The second-order valence-electron chi connectivity index (χ2n) is 5.93. The van der Waals surface area contributed by atoms with Crippen molar-refractivity contribution in [2.24, 2.45) is 0 Å². The van der Waals surface area contributed by atoms with Crippen LogP contribution in [0, 0.1) is 13.8 Å². The molecule has 124 valence electrons. The molecule has 0 aliphatic rings. The first kappa shape index (κ1) is 19.0. The number of Topliss-reactive ketones (excluding diaryl/α,β-unsaturated/α-hetero) is 1. The first-order valence-electron chi connectivity index (χ1n) is 8.40. The lowest BCUT2D eigenvalue weighted by Crippen LogP contribution is -2.09. The van der Waals surface area contributed by atoms with Crippen molar-refractivity contribution >= 4 is 17.4 Å². The Balaban J connectivity index is 3.18. The molecular weight excluding hydrogens is 296 g/mol. The lowest BCUT2D eigenvalue weighted by Gasteiger charge is -2.24. The van der Waals surface area contributed by atoms with Crippen molar-refractivity contribution in [3.8, 4) is 5.75 Å². The average Bonchev–Trinajstić information content (AvgIpc) is 2.51. The van der Waals surface area contributed by atoms with Gasteiger partial charge in [-0.15, -0.1) is 0 Å². The monoisotopic (exact) mass is 324 g/mol. The van der Waals surface area contributed by atoms with Gasteiger partial charge in [0.25, 0.3) is 0 Å². The summed E-state index contributed by atoms with van der Waals surface area (Å²) in [6.45, 7) is 11.0. The van der Waals surface area contributed by atoms with Gasteiger partial charge in [-0.2, -0.15) is 0 Å². The second kappa shape index (κ2) is 9.19. The average molecular weight is 325 g/mol. The van der Waals surface area contributed by atoms with E-state index in [9.17, 15) is 4.79 Å². The van der Waals surface area contributed by atoms with E-state index in [4.69, 9.17) is 16.3 Å². The largest absolute Gasteiger partial charge is 0.493 e. The number of hydrogen-bond donors (Lipinski definition) is 0. The summed E-state index contributed by atoms with van der Waals surface area (Å²) in [5, 5.41) is 0.789. The summed E-state index contributed by atoms with van der Waals surface area (Å²) >= 11 is 6.39. The van der Waals surface area contributed by atoms with Crippen molar-refractivity contribution in [1.82, 2.24) is 0 Å². The summed E-state index contributed by atoms with van der Waals surface area (Å²) in [6.07, 6.45) is 4.08. The Kier molecular flexibility index (Phi) is 7.95. The molecule has 0 fully saturated rings. The highest BCUT2D eigenvalue weighted by Crippen LogP contribution is 2.40. The van der Waals surface area contributed by atoms with Gasteiger partial charge < -0.3 is 4.74 Å². The number of carbonyl (C=O) groups excluding carboxylic acids is 1. The van der Waals surface area contributed by atoms with E-state index in [1.54, 1.807) is 0 Å². The third kappa shape index (κ3) is 4.74. The number of rotatable bonds is 9. The van der Waals surface area contributed by atoms with Gasteiger partial charge in [0, 0.05) is 23.4 Å². The van der Waals surface area contributed by atoms with E-state index in [-0.39, 0.29) is 0 Å². The summed E-state index contributed by atoms with van der Waals surface area (Å²) in [5.74, 6) is 1.62. The van der Waals surface area contributed by atoms with Crippen molar-refractivity contribution in [2.75, 3.05) is 6.61 Å². The molecule has 0 aliphatic carbocycles. The van der Waals surface area contributed by atoms with Gasteiger partial charge in [0.15, 0.2) is 0 Å². The smallest absolute Gasteiger partial charge is 0.132 e. The van der Waals surface area contributed by atoms with Gasteiger partial charge in [0.1, 0.15) is 11.5 Å². The van der Waals surface area contributed by atoms with Gasteiger partial charge in [0.2, 0.25) is 0 Å². The van der Waals surface area contributed by atoms with Crippen LogP contribution in [0.5, 0.6) is 5.75 Å². The fourth-order valence-electron chi connectivity index (χ4n) is 2.83. The normalized spacial score (nSPS) is 12.3. The molecule has 1 rings (SSSR count). The number of carbonyl (C=O) groups is 1. The first-order valence-corrected chi connectivity index (χ1v) is 8.77. The third-order valence-electron chi connectivity index (χ3n) is 4.23. The van der Waals surface area contributed by atoms with E-state index in [1.807, 2.05) is 19.9 Å². The topological polar surface area (TPSA) is 26.3 Å². The zero-order chi connectivity index (χ0) is 16.7. The van der Waals surface area contributed by atoms with Crippen LogP contribution < -0.4 is 4.74 Å². The zero-order valence-electron chi connectivity index (χ0n) is 14.6. The second-order valence-corrected chi connectivity index (χ2v) is 6.33. The molecule has 0 aromatic heterocycles. The molecule has 0 radical (unpaired) electrons. The van der Waals surface area contributed by atoms with E-state index in [0.717, 1.165) is 41.2 Å². The molecule has 1 aromatic carbocycles. The van der Waals surface area contributed by atoms with Crippen molar-refractivity contribution < 1.29 is 9.53 Å². The standard InChI is InChI=1S/C19H29ClO2/c1-6-11-22-19-13(4)12-17(20)14(5)18(19)15(7-2)9-10-16(21)8-3/h12,15H,6-11H2,1-5H3. The van der Waals surface area contributed by atoms with Gasteiger partial charge in [-0.05, 0) is 56.2 Å². The first-order chi connectivity index (χ1) is 10.5. The third-order valence-corrected chi connectivity index (χ3v) is 4.62. The van der Waals surface area contributed by atoms with Crippen LogP contribution in [0.3, 0.4) is 0 Å². The van der Waals surface area contributed by atoms with E-state index >= 15 is 0 Å². The summed E-state index contributed by atoms with van der Waals surface area (Å²) in [7, 11) is 0. The van der Waals surface area contributed by atoms with Crippen LogP contribution in [0.25, 0.3) is 0 Å². The molecule has 2 nitrogen and oxygen atoms in total. The molecule has 0 spiro atoms. The molecule has 1 unspecified atom stereocenters. The number of aryl methyl sites for hydroxylation is 1. The summed E-state index contributed by atoms with van der Waals surface area (Å²) < 4.78 is 6.03. The van der Waals surface area contributed by atoms with E-state index in [1.165, 1.54) is 5.56 Å². The Morgan fingerprint density at radius 1 is 1.27 bits per heavy atom. The molecule has 1 aromatic rings. The molecular formula is C19H29ClO2. The molecule has 0 saturated carbocycles. The minimum Gasteiger partial charge on any atom is -0.493 e. The Morgan fingerprint density at radius 2 is 1.95 bits per heavy atom. The van der Waals surface area contributed by atoms with Gasteiger partial charge in [0.05, 0.1) is 6.61 Å². The number of ketones is 1. The predicted octanol–water partition coefficient (Wildman–Crippen LogP) is 6.00. The molecule has 1 atom stereocenters. The van der Waals surface area contributed by atoms with Crippen LogP contribution in [0.2, 0.25) is 5.02 Å². The SMILES string of the molecule is CCCOc1c(C)cc(Cl)c(C)c1C(CC)CCC(=O)CC. The van der Waals surface area contributed by atoms with E-state index in [2.05, 4.69) is 20.8 Å². The Hall–Kier alpha value is -1.02. The predicted molar refractivity (Wildman–Crippen MR) is 94.3 cm³/mol. The van der Waals surface area contributed by atoms with Crippen LogP contribution in [0.4, 0.5) is 0 Å². The van der Waals surface area contributed by atoms with Gasteiger partial charge in [-0.3, -0.25) is 4.79 Å².